The molecule has 2 amide bonds. The molecule has 0 aliphatic carbocycles. The minimum atomic E-state index is -4.72. The lowest BCUT2D eigenvalue weighted by Crippen LogP contribution is -2.44. The Labute approximate surface area is 92.7 Å². The molecule has 0 rings (SSSR count). The van der Waals surface area contributed by atoms with E-state index in [9.17, 15) is 27.6 Å². The number of alkyl carbamates (subject to hydrolysis) is 1. The minimum absolute atomic E-state index is 0.754. The number of carboxylic acids is 1. The Hall–Kier alpha value is -2.00. The third-order valence-corrected chi connectivity index (χ3v) is 1.36. The first-order valence-electron chi connectivity index (χ1n) is 4.13. The molecule has 0 fully saturated rings. The molecule has 0 aliphatic heterocycles. The first-order valence-corrected chi connectivity index (χ1v) is 4.13. The monoisotopic (exact) mass is 258 g/mol. The van der Waals surface area contributed by atoms with Gasteiger partial charge in [-0.05, 0) is 0 Å². The van der Waals surface area contributed by atoms with E-state index in [4.69, 9.17) is 5.11 Å². The fourth-order valence-electron chi connectivity index (χ4n) is 0.733. The second kappa shape index (κ2) is 5.92. The Morgan fingerprint density at radius 2 is 1.88 bits per heavy atom. The summed E-state index contributed by atoms with van der Waals surface area (Å²) in [7, 11) is 0. The highest BCUT2D eigenvalue weighted by atomic mass is 19.4. The van der Waals surface area contributed by atoms with E-state index < -0.39 is 43.2 Å². The van der Waals surface area contributed by atoms with Crippen molar-refractivity contribution in [1.82, 2.24) is 5.32 Å². The number of halogens is 3. The number of aliphatic carboxylic acids is 1. The number of ether oxygens (including phenoxy) is 1. The van der Waals surface area contributed by atoms with Crippen molar-refractivity contribution in [1.29, 1.82) is 0 Å². The van der Waals surface area contributed by atoms with Gasteiger partial charge in [-0.15, -0.1) is 0 Å². The van der Waals surface area contributed by atoms with Crippen molar-refractivity contribution >= 4 is 18.0 Å². The lowest BCUT2D eigenvalue weighted by Gasteiger charge is -2.13. The maximum Gasteiger partial charge on any atom is 0.422 e. The second-order valence-corrected chi connectivity index (χ2v) is 2.90. The van der Waals surface area contributed by atoms with E-state index >= 15 is 0 Å². The number of hydrogen-bond acceptors (Lipinski definition) is 4. The van der Waals surface area contributed by atoms with Crippen LogP contribution in [0, 0.1) is 0 Å². The Kier molecular flexibility index (Phi) is 5.22. The topological polar surface area (TPSA) is 119 Å². The van der Waals surface area contributed by atoms with Gasteiger partial charge in [-0.25, -0.2) is 9.59 Å². The molecule has 0 unspecified atom stereocenters. The fourth-order valence-corrected chi connectivity index (χ4v) is 0.733. The van der Waals surface area contributed by atoms with E-state index in [1.807, 2.05) is 0 Å². The highest BCUT2D eigenvalue weighted by molar-refractivity contribution is 5.86. The molecule has 0 aromatic rings. The molecule has 0 aromatic carbocycles. The number of carbonyl (C=O) groups excluding carboxylic acids is 2. The van der Waals surface area contributed by atoms with Crippen molar-refractivity contribution in [2.75, 3.05) is 6.61 Å². The molecule has 0 bridgehead atoms. The van der Waals surface area contributed by atoms with Crippen LogP contribution >= 0.6 is 0 Å². The quantitative estimate of drug-likeness (QED) is 0.620. The van der Waals surface area contributed by atoms with Gasteiger partial charge in [0.25, 0.3) is 0 Å². The molecule has 0 heterocycles. The number of amides is 2. The molecule has 4 N–H and O–H groups in total. The van der Waals surface area contributed by atoms with Crippen molar-refractivity contribution < 1.29 is 37.4 Å². The third kappa shape index (κ3) is 7.88. The maximum atomic E-state index is 11.6. The van der Waals surface area contributed by atoms with Crippen LogP contribution in [0.15, 0.2) is 0 Å². The molecule has 98 valence electrons. The summed E-state index contributed by atoms with van der Waals surface area (Å²) in [6, 6.07) is -1.73. The van der Waals surface area contributed by atoms with Crippen LogP contribution in [0.1, 0.15) is 6.42 Å². The first-order chi connectivity index (χ1) is 7.61. The van der Waals surface area contributed by atoms with Crippen LogP contribution in [0.4, 0.5) is 18.0 Å². The van der Waals surface area contributed by atoms with Gasteiger partial charge in [0.05, 0.1) is 6.42 Å². The summed E-state index contributed by atoms with van der Waals surface area (Å²) >= 11 is 0. The molecule has 0 radical (unpaired) electrons. The van der Waals surface area contributed by atoms with Crippen molar-refractivity contribution in [3.63, 3.8) is 0 Å². The number of nitrogens with one attached hydrogen (secondary N) is 1. The van der Waals surface area contributed by atoms with Crippen molar-refractivity contribution in [3.8, 4) is 0 Å². The number of carboxylic acid groups (broad SMARTS) is 1. The van der Waals surface area contributed by atoms with Crippen LogP contribution in [-0.4, -0.2) is 41.9 Å². The summed E-state index contributed by atoms with van der Waals surface area (Å²) in [4.78, 5) is 31.6. The van der Waals surface area contributed by atoms with Crippen LogP contribution in [-0.2, 0) is 14.3 Å². The number of hydrogen-bond donors (Lipinski definition) is 3. The van der Waals surface area contributed by atoms with Gasteiger partial charge in [0.2, 0.25) is 5.91 Å². The van der Waals surface area contributed by atoms with E-state index in [1.165, 1.54) is 0 Å². The fraction of sp³-hybridized carbons (Fsp3) is 0.571. The zero-order chi connectivity index (χ0) is 13.6. The number of alkyl halides is 3. The second-order valence-electron chi connectivity index (χ2n) is 2.90. The molecule has 17 heavy (non-hydrogen) atoms. The minimum Gasteiger partial charge on any atom is -0.480 e. The smallest absolute Gasteiger partial charge is 0.422 e. The first kappa shape index (κ1) is 15.0. The SMILES string of the molecule is NC(=O)C[C@@H](NC(=O)OCC(F)(F)F)C(=O)O. The Bertz CT molecular complexity index is 317. The van der Waals surface area contributed by atoms with E-state index in [0.717, 1.165) is 0 Å². The molecule has 0 saturated heterocycles. The van der Waals surface area contributed by atoms with Gasteiger partial charge in [0.15, 0.2) is 6.61 Å². The average molecular weight is 258 g/mol. The van der Waals surface area contributed by atoms with Crippen LogP contribution < -0.4 is 11.1 Å². The van der Waals surface area contributed by atoms with Crippen molar-refractivity contribution in [2.24, 2.45) is 5.73 Å². The summed E-state index contributed by atoms with van der Waals surface area (Å²) in [5, 5.41) is 10.1. The van der Waals surface area contributed by atoms with Crippen LogP contribution in [0.3, 0.4) is 0 Å². The maximum absolute atomic E-state index is 11.6. The molecule has 1 atom stereocenters. The normalized spacial score (nSPS) is 12.6. The zero-order valence-electron chi connectivity index (χ0n) is 8.28. The lowest BCUT2D eigenvalue weighted by molar-refractivity contribution is -0.160. The standard InChI is InChI=1S/C7H9F3N2O5/c8-7(9,10)2-17-6(16)12-3(5(14)15)1-4(11)13/h3H,1-2H2,(H2,11,13)(H,12,16)(H,14,15)/t3-/m1/s1. The molecular formula is C7H9F3N2O5. The molecule has 0 spiro atoms. The Morgan fingerprint density at radius 1 is 1.35 bits per heavy atom. The average Bonchev–Trinajstić information content (AvgIpc) is 2.11. The zero-order valence-corrected chi connectivity index (χ0v) is 8.28. The van der Waals surface area contributed by atoms with Gasteiger partial charge in [-0.3, -0.25) is 4.79 Å². The lowest BCUT2D eigenvalue weighted by atomic mass is 10.2. The summed E-state index contributed by atoms with van der Waals surface area (Å²) in [5.74, 6) is -2.65. The number of nitrogens with two attached hydrogens (primary N) is 1. The highest BCUT2D eigenvalue weighted by Crippen LogP contribution is 2.14. The van der Waals surface area contributed by atoms with Gasteiger partial charge in [-0.2, -0.15) is 13.2 Å². The number of primary amides is 1. The predicted octanol–water partition coefficient (Wildman–Crippen LogP) is -0.397. The van der Waals surface area contributed by atoms with Gasteiger partial charge >= 0.3 is 18.2 Å². The van der Waals surface area contributed by atoms with E-state index in [2.05, 4.69) is 10.5 Å². The van der Waals surface area contributed by atoms with Gasteiger partial charge < -0.3 is 20.9 Å². The van der Waals surface area contributed by atoms with E-state index in [1.54, 1.807) is 5.32 Å². The molecule has 0 aromatic heterocycles. The largest absolute Gasteiger partial charge is 0.480 e. The molecule has 0 aliphatic rings. The molecule has 0 saturated carbocycles. The van der Waals surface area contributed by atoms with Crippen molar-refractivity contribution in [2.45, 2.75) is 18.6 Å². The summed E-state index contributed by atoms with van der Waals surface area (Å²) in [5.41, 5.74) is 4.68. The van der Waals surface area contributed by atoms with Crippen LogP contribution in [0.25, 0.3) is 0 Å². The molecular weight excluding hydrogens is 249 g/mol. The molecule has 10 heteroatoms. The summed E-state index contributed by atoms with van der Waals surface area (Å²) < 4.78 is 38.6. The molecule has 7 nitrogen and oxygen atoms in total. The number of carbonyl (C=O) groups is 3. The predicted molar refractivity (Wildman–Crippen MR) is 45.8 cm³/mol. The Morgan fingerprint density at radius 3 is 2.24 bits per heavy atom. The Balaban J connectivity index is 4.22. The van der Waals surface area contributed by atoms with Gasteiger partial charge in [-0.1, -0.05) is 0 Å². The van der Waals surface area contributed by atoms with E-state index in [-0.39, 0.29) is 0 Å². The van der Waals surface area contributed by atoms with Crippen molar-refractivity contribution in [3.05, 3.63) is 0 Å². The summed E-state index contributed by atoms with van der Waals surface area (Å²) in [6.07, 6.45) is -7.08. The van der Waals surface area contributed by atoms with Crippen LogP contribution in [0.2, 0.25) is 0 Å². The van der Waals surface area contributed by atoms with Gasteiger partial charge in [0, 0.05) is 0 Å². The summed E-state index contributed by atoms with van der Waals surface area (Å²) in [6.45, 7) is -1.86. The highest BCUT2D eigenvalue weighted by Gasteiger charge is 2.30. The van der Waals surface area contributed by atoms with Gasteiger partial charge in [0.1, 0.15) is 6.04 Å². The third-order valence-electron chi connectivity index (χ3n) is 1.36. The number of rotatable bonds is 5. The van der Waals surface area contributed by atoms with Crippen LogP contribution in [0.5, 0.6) is 0 Å². The van der Waals surface area contributed by atoms with E-state index in [0.29, 0.717) is 0 Å².